The molecule has 1 nitrogen and oxygen atoms in total. The molecule has 1 aromatic carbocycles. The minimum atomic E-state index is 0. The Balaban J connectivity index is 0.000000980. The normalized spacial score (nSPS) is 17.4. The number of hydrogen-bond donors (Lipinski definition) is 0. The van der Waals surface area contributed by atoms with Crippen molar-refractivity contribution in [2.45, 2.75) is 38.0 Å². The summed E-state index contributed by atoms with van der Waals surface area (Å²) in [5.74, 6) is 0.842. The number of rotatable bonds is 1. The first kappa shape index (κ1) is 12.1. The summed E-state index contributed by atoms with van der Waals surface area (Å²) in [7, 11) is 0. The molecule has 0 N–H and O–H groups in total. The predicted molar refractivity (Wildman–Crippen MR) is 51.7 cm³/mol. The molecule has 0 saturated heterocycles. The zero-order valence-corrected chi connectivity index (χ0v) is 10.8. The minimum Gasteiger partial charge on any atom is -0.872 e. The van der Waals surface area contributed by atoms with E-state index in [1.54, 1.807) is 12.1 Å². The van der Waals surface area contributed by atoms with Gasteiger partial charge in [-0.1, -0.05) is 43.5 Å². The van der Waals surface area contributed by atoms with Crippen molar-refractivity contribution in [3.05, 3.63) is 29.8 Å². The van der Waals surface area contributed by atoms with Gasteiger partial charge in [-0.15, -0.1) is 5.75 Å². The largest absolute Gasteiger partial charge is 1.00 e. The van der Waals surface area contributed by atoms with Crippen molar-refractivity contribution < 1.29 is 34.7 Å². The van der Waals surface area contributed by atoms with Gasteiger partial charge in [-0.25, -0.2) is 0 Å². The van der Waals surface area contributed by atoms with E-state index in [2.05, 4.69) is 0 Å². The maximum atomic E-state index is 10.9. The van der Waals surface area contributed by atoms with E-state index in [1.807, 2.05) is 12.1 Å². The molecule has 0 radical (unpaired) electrons. The summed E-state index contributed by atoms with van der Waals surface area (Å²) in [4.78, 5) is 0. The second kappa shape index (κ2) is 5.79. The molecule has 0 bridgehead atoms. The Bertz CT molecular complexity index is 262. The third-order valence-corrected chi connectivity index (χ3v) is 2.96. The van der Waals surface area contributed by atoms with Crippen LogP contribution in [0.4, 0.5) is 0 Å². The molecule has 14 heavy (non-hydrogen) atoms. The van der Waals surface area contributed by atoms with Gasteiger partial charge in [0.15, 0.2) is 0 Å². The van der Waals surface area contributed by atoms with Crippen LogP contribution < -0.4 is 34.7 Å². The first-order valence-corrected chi connectivity index (χ1v) is 5.13. The predicted octanol–water partition coefficient (Wildman–Crippen LogP) is -0.188. The molecule has 1 aromatic rings. The first-order valence-electron chi connectivity index (χ1n) is 5.13. The van der Waals surface area contributed by atoms with Crippen molar-refractivity contribution in [3.8, 4) is 5.75 Å². The van der Waals surface area contributed by atoms with E-state index in [0.717, 1.165) is 0 Å². The fourth-order valence-electron chi connectivity index (χ4n) is 2.18. The van der Waals surface area contributed by atoms with Crippen LogP contribution in [-0.2, 0) is 0 Å². The van der Waals surface area contributed by atoms with Gasteiger partial charge in [0.1, 0.15) is 0 Å². The zero-order chi connectivity index (χ0) is 9.10. The van der Waals surface area contributed by atoms with Crippen molar-refractivity contribution in [1.82, 2.24) is 0 Å². The van der Waals surface area contributed by atoms with Gasteiger partial charge in [0.2, 0.25) is 0 Å². The summed E-state index contributed by atoms with van der Waals surface area (Å²) >= 11 is 0. The third kappa shape index (κ3) is 3.01. The summed E-state index contributed by atoms with van der Waals surface area (Å²) < 4.78 is 0. The smallest absolute Gasteiger partial charge is 0.872 e. The number of benzene rings is 1. The second-order valence-electron chi connectivity index (χ2n) is 3.90. The molecule has 1 aliphatic carbocycles. The van der Waals surface area contributed by atoms with Crippen LogP contribution in [0.2, 0.25) is 0 Å². The van der Waals surface area contributed by atoms with Crippen LogP contribution in [0.1, 0.15) is 43.6 Å². The molecule has 0 unspecified atom stereocenters. The molecule has 0 aromatic heterocycles. The summed E-state index contributed by atoms with van der Waals surface area (Å²) in [6.45, 7) is 0. The van der Waals surface area contributed by atoms with E-state index >= 15 is 0 Å². The molecule has 2 heteroatoms. The van der Waals surface area contributed by atoms with Crippen molar-refractivity contribution in [1.29, 1.82) is 0 Å². The Kier molecular flexibility index (Phi) is 5.00. The molecular formula is C12H15NaO. The molecule has 1 saturated carbocycles. The SMILES string of the molecule is [Na+].[O-]c1ccc(C2CCCCC2)cc1. The summed E-state index contributed by atoms with van der Waals surface area (Å²) in [6, 6.07) is 7.37. The van der Waals surface area contributed by atoms with E-state index < -0.39 is 0 Å². The number of hydrogen-bond acceptors (Lipinski definition) is 1. The van der Waals surface area contributed by atoms with Gasteiger partial charge in [-0.2, -0.15) is 0 Å². The van der Waals surface area contributed by atoms with Crippen LogP contribution in [0, 0.1) is 0 Å². The van der Waals surface area contributed by atoms with Crippen LogP contribution in [0.25, 0.3) is 0 Å². The third-order valence-electron chi connectivity index (χ3n) is 2.96. The second-order valence-corrected chi connectivity index (χ2v) is 3.90. The fourth-order valence-corrected chi connectivity index (χ4v) is 2.18. The molecule has 1 fully saturated rings. The van der Waals surface area contributed by atoms with Crippen molar-refractivity contribution >= 4 is 0 Å². The molecule has 70 valence electrons. The van der Waals surface area contributed by atoms with Crippen LogP contribution in [0.3, 0.4) is 0 Å². The minimum absolute atomic E-state index is 0. The molecular weight excluding hydrogens is 183 g/mol. The molecule has 2 rings (SSSR count). The van der Waals surface area contributed by atoms with Gasteiger partial charge in [-0.05, 0) is 24.3 Å². The van der Waals surface area contributed by atoms with Gasteiger partial charge < -0.3 is 5.11 Å². The zero-order valence-electron chi connectivity index (χ0n) is 8.83. The van der Waals surface area contributed by atoms with Crippen molar-refractivity contribution in [3.63, 3.8) is 0 Å². The van der Waals surface area contributed by atoms with Crippen molar-refractivity contribution in [2.24, 2.45) is 0 Å². The maximum absolute atomic E-state index is 10.9. The van der Waals surface area contributed by atoms with E-state index in [1.165, 1.54) is 37.7 Å². The topological polar surface area (TPSA) is 23.1 Å². The van der Waals surface area contributed by atoms with Crippen LogP contribution in [-0.4, -0.2) is 0 Å². The fraction of sp³-hybridized carbons (Fsp3) is 0.500. The van der Waals surface area contributed by atoms with Gasteiger partial charge in [0.25, 0.3) is 0 Å². The standard InChI is InChI=1S/C12H16O.Na/c13-12-8-6-11(7-9-12)10-4-2-1-3-5-10;/h6-10,13H,1-5H2;/q;+1/p-1. The van der Waals surface area contributed by atoms with Gasteiger partial charge in [-0.3, -0.25) is 0 Å². The van der Waals surface area contributed by atoms with Crippen LogP contribution in [0.5, 0.6) is 5.75 Å². The maximum Gasteiger partial charge on any atom is 1.00 e. The molecule has 0 atom stereocenters. The average Bonchev–Trinajstić information content (AvgIpc) is 2.20. The van der Waals surface area contributed by atoms with Crippen LogP contribution in [0.15, 0.2) is 24.3 Å². The molecule has 0 amide bonds. The molecule has 0 aliphatic heterocycles. The Morgan fingerprint density at radius 1 is 0.929 bits per heavy atom. The van der Waals surface area contributed by atoms with Gasteiger partial charge in [0, 0.05) is 0 Å². The van der Waals surface area contributed by atoms with Gasteiger partial charge in [0.05, 0.1) is 0 Å². The summed E-state index contributed by atoms with van der Waals surface area (Å²) in [6.07, 6.45) is 6.69. The summed E-state index contributed by atoms with van der Waals surface area (Å²) in [5.41, 5.74) is 1.36. The Labute approximate surface area is 108 Å². The quantitative estimate of drug-likeness (QED) is 0.574. The Morgan fingerprint density at radius 2 is 1.50 bits per heavy atom. The molecule has 1 aliphatic rings. The van der Waals surface area contributed by atoms with Crippen molar-refractivity contribution in [2.75, 3.05) is 0 Å². The molecule has 0 heterocycles. The average molecular weight is 198 g/mol. The monoisotopic (exact) mass is 198 g/mol. The summed E-state index contributed by atoms with van der Waals surface area (Å²) in [5, 5.41) is 10.9. The van der Waals surface area contributed by atoms with Crippen LogP contribution >= 0.6 is 0 Å². The first-order chi connectivity index (χ1) is 6.36. The van der Waals surface area contributed by atoms with E-state index in [9.17, 15) is 5.11 Å². The van der Waals surface area contributed by atoms with Gasteiger partial charge >= 0.3 is 29.6 Å². The van der Waals surface area contributed by atoms with E-state index in [4.69, 9.17) is 0 Å². The van der Waals surface area contributed by atoms with E-state index in [0.29, 0.717) is 5.92 Å². The Hall–Kier alpha value is 0.0200. The Morgan fingerprint density at radius 3 is 2.07 bits per heavy atom. The molecule has 0 spiro atoms. The van der Waals surface area contributed by atoms with E-state index in [-0.39, 0.29) is 35.3 Å².